The fourth-order valence-corrected chi connectivity index (χ4v) is 8.43. The molecular formula is C54H35NO. The van der Waals surface area contributed by atoms with Gasteiger partial charge in [0.25, 0.3) is 0 Å². The average Bonchev–Trinajstić information content (AvgIpc) is 3.65. The maximum absolute atomic E-state index is 6.24. The summed E-state index contributed by atoms with van der Waals surface area (Å²) in [4.78, 5) is 2.36. The lowest BCUT2D eigenvalue weighted by molar-refractivity contribution is 0.669. The minimum Gasteiger partial charge on any atom is -0.456 e. The summed E-state index contributed by atoms with van der Waals surface area (Å²) in [6.07, 6.45) is 0. The zero-order valence-corrected chi connectivity index (χ0v) is 30.6. The number of furan rings is 1. The van der Waals surface area contributed by atoms with Crippen LogP contribution in [0.25, 0.3) is 87.6 Å². The quantitative estimate of drug-likeness (QED) is 0.160. The maximum atomic E-state index is 6.24. The van der Waals surface area contributed by atoms with Crippen molar-refractivity contribution in [3.8, 4) is 33.4 Å². The predicted molar refractivity (Wildman–Crippen MR) is 237 cm³/mol. The van der Waals surface area contributed by atoms with Crippen LogP contribution in [0.4, 0.5) is 17.1 Å². The first-order valence-corrected chi connectivity index (χ1v) is 19.2. The lowest BCUT2D eigenvalue weighted by atomic mass is 9.93. The van der Waals surface area contributed by atoms with Crippen LogP contribution in [0.15, 0.2) is 217 Å². The molecule has 2 nitrogen and oxygen atoms in total. The number of anilines is 3. The van der Waals surface area contributed by atoms with Crippen molar-refractivity contribution in [1.82, 2.24) is 0 Å². The van der Waals surface area contributed by atoms with Crippen LogP contribution in [0.3, 0.4) is 0 Å². The number of nitrogens with zero attached hydrogens (tertiary/aromatic N) is 1. The normalized spacial score (nSPS) is 11.6. The summed E-state index contributed by atoms with van der Waals surface area (Å²) in [7, 11) is 0. The Hall–Kier alpha value is -7.42. The van der Waals surface area contributed by atoms with Crippen LogP contribution in [-0.4, -0.2) is 0 Å². The van der Waals surface area contributed by atoms with Gasteiger partial charge in [-0.05, 0) is 132 Å². The maximum Gasteiger partial charge on any atom is 0.136 e. The van der Waals surface area contributed by atoms with E-state index in [2.05, 4.69) is 205 Å². The number of para-hydroxylation sites is 1. The smallest absolute Gasteiger partial charge is 0.136 e. The lowest BCUT2D eigenvalue weighted by Crippen LogP contribution is -2.10. The van der Waals surface area contributed by atoms with Gasteiger partial charge in [-0.15, -0.1) is 0 Å². The van der Waals surface area contributed by atoms with Crippen molar-refractivity contribution < 1.29 is 4.42 Å². The molecule has 0 bridgehead atoms. The number of rotatable bonds is 6. The second-order valence-electron chi connectivity index (χ2n) is 14.5. The van der Waals surface area contributed by atoms with E-state index in [9.17, 15) is 0 Å². The van der Waals surface area contributed by atoms with Gasteiger partial charge in [0.15, 0.2) is 0 Å². The highest BCUT2D eigenvalue weighted by Gasteiger charge is 2.16. The molecule has 1 heterocycles. The van der Waals surface area contributed by atoms with E-state index >= 15 is 0 Å². The zero-order valence-electron chi connectivity index (χ0n) is 30.6. The van der Waals surface area contributed by atoms with Gasteiger partial charge in [-0.3, -0.25) is 0 Å². The van der Waals surface area contributed by atoms with Crippen LogP contribution in [-0.2, 0) is 0 Å². The average molecular weight is 714 g/mol. The summed E-state index contributed by atoms with van der Waals surface area (Å²) in [6.45, 7) is 0. The first kappa shape index (κ1) is 32.0. The highest BCUT2D eigenvalue weighted by molar-refractivity contribution is 6.14. The molecule has 56 heavy (non-hydrogen) atoms. The molecule has 2 heteroatoms. The van der Waals surface area contributed by atoms with Crippen LogP contribution in [0.2, 0.25) is 0 Å². The molecule has 0 unspecified atom stereocenters. The highest BCUT2D eigenvalue weighted by atomic mass is 16.3. The molecule has 0 aliphatic heterocycles. The van der Waals surface area contributed by atoms with Gasteiger partial charge >= 0.3 is 0 Å². The van der Waals surface area contributed by atoms with E-state index in [4.69, 9.17) is 4.42 Å². The summed E-state index contributed by atoms with van der Waals surface area (Å²) < 4.78 is 6.24. The van der Waals surface area contributed by atoms with Crippen LogP contribution < -0.4 is 4.90 Å². The predicted octanol–water partition coefficient (Wildman–Crippen LogP) is 15.5. The van der Waals surface area contributed by atoms with Crippen molar-refractivity contribution in [1.29, 1.82) is 0 Å². The van der Waals surface area contributed by atoms with E-state index in [0.717, 1.165) is 50.1 Å². The van der Waals surface area contributed by atoms with Crippen LogP contribution in [0, 0.1) is 0 Å². The van der Waals surface area contributed by atoms with Crippen molar-refractivity contribution in [2.24, 2.45) is 0 Å². The van der Waals surface area contributed by atoms with Gasteiger partial charge in [0.1, 0.15) is 11.2 Å². The number of fused-ring (bicyclic) bond motifs is 7. The molecular weight excluding hydrogens is 679 g/mol. The van der Waals surface area contributed by atoms with E-state index in [0.29, 0.717) is 0 Å². The lowest BCUT2D eigenvalue weighted by Gasteiger charge is -2.26. The van der Waals surface area contributed by atoms with Gasteiger partial charge in [0, 0.05) is 27.8 Å². The molecule has 11 rings (SSSR count). The molecule has 11 aromatic rings. The van der Waals surface area contributed by atoms with Crippen LogP contribution in [0.1, 0.15) is 0 Å². The third-order valence-electron chi connectivity index (χ3n) is 11.2. The second-order valence-corrected chi connectivity index (χ2v) is 14.5. The Labute approximate surface area is 325 Å². The summed E-state index contributed by atoms with van der Waals surface area (Å²) in [5, 5.41) is 9.82. The zero-order chi connectivity index (χ0) is 37.0. The number of hydrogen-bond donors (Lipinski definition) is 0. The Kier molecular flexibility index (Phi) is 7.53. The molecule has 0 N–H and O–H groups in total. The SMILES string of the molecule is c1cc(-c2ccc3ccccc3c2)cc(N(c2ccc(-c3ccc4c(c3)oc3ccccc34)cc2)c2ccc(-c3cc4ccccc4c4ccccc34)cc2)c1. The van der Waals surface area contributed by atoms with E-state index < -0.39 is 0 Å². The van der Waals surface area contributed by atoms with Crippen molar-refractivity contribution in [3.05, 3.63) is 212 Å². The van der Waals surface area contributed by atoms with Gasteiger partial charge in [-0.1, -0.05) is 146 Å². The van der Waals surface area contributed by atoms with E-state index in [1.807, 2.05) is 12.1 Å². The molecule has 0 fully saturated rings. The Morgan fingerprint density at radius 2 is 0.839 bits per heavy atom. The molecule has 262 valence electrons. The van der Waals surface area contributed by atoms with E-state index in [1.165, 1.54) is 54.6 Å². The Balaban J connectivity index is 1.01. The molecule has 0 atom stereocenters. The Bertz CT molecular complexity index is 3250. The van der Waals surface area contributed by atoms with Crippen molar-refractivity contribution in [2.75, 3.05) is 4.90 Å². The molecule has 0 saturated heterocycles. The topological polar surface area (TPSA) is 16.4 Å². The first-order chi connectivity index (χ1) is 27.7. The second kappa shape index (κ2) is 13.2. The standard InChI is InChI=1S/C54H35NO/c1-2-11-39-32-41(21-20-36(39)10-1)40-13-9-14-46(33-40)55(44-27-22-37(23-28-44)42-26-31-51-50-18-7-8-19-53(50)56-54(51)35-42)45-29-24-38(25-30-45)52-34-43-12-3-4-15-47(43)48-16-5-6-17-49(48)52/h1-35H. The van der Waals surface area contributed by atoms with E-state index in [1.54, 1.807) is 0 Å². The van der Waals surface area contributed by atoms with Gasteiger partial charge in [-0.2, -0.15) is 0 Å². The monoisotopic (exact) mass is 713 g/mol. The van der Waals surface area contributed by atoms with Crippen molar-refractivity contribution in [2.45, 2.75) is 0 Å². The van der Waals surface area contributed by atoms with Gasteiger partial charge in [0.2, 0.25) is 0 Å². The number of hydrogen-bond acceptors (Lipinski definition) is 2. The molecule has 10 aromatic carbocycles. The van der Waals surface area contributed by atoms with Crippen LogP contribution in [0.5, 0.6) is 0 Å². The summed E-state index contributed by atoms with van der Waals surface area (Å²) in [5.74, 6) is 0. The first-order valence-electron chi connectivity index (χ1n) is 19.2. The Morgan fingerprint density at radius 3 is 1.64 bits per heavy atom. The van der Waals surface area contributed by atoms with Crippen molar-refractivity contribution >= 4 is 71.3 Å². The largest absolute Gasteiger partial charge is 0.456 e. The van der Waals surface area contributed by atoms with Gasteiger partial charge in [0.05, 0.1) is 0 Å². The number of benzene rings is 10. The fraction of sp³-hybridized carbons (Fsp3) is 0. The molecule has 0 aliphatic carbocycles. The van der Waals surface area contributed by atoms with Crippen molar-refractivity contribution in [3.63, 3.8) is 0 Å². The third kappa shape index (κ3) is 5.51. The Morgan fingerprint density at radius 1 is 0.268 bits per heavy atom. The molecule has 0 radical (unpaired) electrons. The highest BCUT2D eigenvalue weighted by Crippen LogP contribution is 2.41. The third-order valence-corrected chi connectivity index (χ3v) is 11.2. The summed E-state index contributed by atoms with van der Waals surface area (Å²) in [5.41, 5.74) is 12.1. The van der Waals surface area contributed by atoms with Gasteiger partial charge < -0.3 is 9.32 Å². The molecule has 0 aliphatic rings. The molecule has 0 amide bonds. The van der Waals surface area contributed by atoms with Gasteiger partial charge in [-0.25, -0.2) is 0 Å². The summed E-state index contributed by atoms with van der Waals surface area (Å²) in [6, 6.07) is 76.6. The minimum absolute atomic E-state index is 0.902. The summed E-state index contributed by atoms with van der Waals surface area (Å²) >= 11 is 0. The molecule has 0 spiro atoms. The van der Waals surface area contributed by atoms with E-state index in [-0.39, 0.29) is 0 Å². The van der Waals surface area contributed by atoms with Crippen LogP contribution >= 0.6 is 0 Å². The molecule has 0 saturated carbocycles. The fourth-order valence-electron chi connectivity index (χ4n) is 8.43. The minimum atomic E-state index is 0.902. The molecule has 1 aromatic heterocycles.